The molecule has 1 heterocycles. The highest BCUT2D eigenvalue weighted by molar-refractivity contribution is 6.09. The molecular weight excluding hydrogens is 280 g/mol. The Labute approximate surface area is 128 Å². The Kier molecular flexibility index (Phi) is 4.17. The largest absolute Gasteiger partial charge is 0.505 e. The zero-order valence-corrected chi connectivity index (χ0v) is 12.8. The van der Waals surface area contributed by atoms with Gasteiger partial charge in [-0.2, -0.15) is 0 Å². The quantitative estimate of drug-likeness (QED) is 0.672. The third-order valence-corrected chi connectivity index (χ3v) is 3.62. The van der Waals surface area contributed by atoms with Crippen molar-refractivity contribution in [3.8, 4) is 5.75 Å². The Morgan fingerprint density at radius 1 is 1.32 bits per heavy atom. The summed E-state index contributed by atoms with van der Waals surface area (Å²) in [6.45, 7) is 3.55. The van der Waals surface area contributed by atoms with Crippen molar-refractivity contribution in [3.05, 3.63) is 63.1 Å². The van der Waals surface area contributed by atoms with Crippen molar-refractivity contribution in [2.24, 2.45) is 7.05 Å². The van der Waals surface area contributed by atoms with Crippen molar-refractivity contribution in [2.75, 3.05) is 5.73 Å². The maximum Gasteiger partial charge on any atom is 0.265 e. The molecule has 22 heavy (non-hydrogen) atoms. The van der Waals surface area contributed by atoms with Crippen LogP contribution in [0.5, 0.6) is 5.75 Å². The smallest absolute Gasteiger partial charge is 0.265 e. The van der Waals surface area contributed by atoms with Crippen molar-refractivity contribution in [1.82, 2.24) is 4.57 Å². The highest BCUT2D eigenvalue weighted by Crippen LogP contribution is 2.25. The van der Waals surface area contributed by atoms with Gasteiger partial charge in [-0.1, -0.05) is 35.9 Å². The first-order valence-electron chi connectivity index (χ1n) is 6.80. The number of pyridine rings is 1. The van der Waals surface area contributed by atoms with E-state index < -0.39 is 17.1 Å². The summed E-state index contributed by atoms with van der Waals surface area (Å²) in [6.07, 6.45) is 2.87. The lowest BCUT2D eigenvalue weighted by molar-refractivity contribution is 0.104. The number of aromatic hydroxyl groups is 1. The third kappa shape index (κ3) is 2.79. The van der Waals surface area contributed by atoms with Gasteiger partial charge in [0.1, 0.15) is 5.56 Å². The highest BCUT2D eigenvalue weighted by atomic mass is 16.3. The maximum absolute atomic E-state index is 12.2. The molecule has 0 fully saturated rings. The number of nitrogens with zero attached hydrogens (tertiary/aromatic N) is 1. The number of allylic oxidation sites excluding steroid dienone is 1. The first-order valence-corrected chi connectivity index (χ1v) is 6.80. The highest BCUT2D eigenvalue weighted by Gasteiger charge is 2.20. The average Bonchev–Trinajstić information content (AvgIpc) is 2.49. The lowest BCUT2D eigenvalue weighted by Gasteiger charge is -2.11. The number of hydrogen-bond donors (Lipinski definition) is 2. The molecule has 0 saturated heterocycles. The van der Waals surface area contributed by atoms with Crippen LogP contribution in [0.1, 0.15) is 27.2 Å². The van der Waals surface area contributed by atoms with Crippen LogP contribution in [-0.2, 0) is 7.05 Å². The molecule has 5 nitrogen and oxygen atoms in total. The van der Waals surface area contributed by atoms with Crippen molar-refractivity contribution in [1.29, 1.82) is 0 Å². The van der Waals surface area contributed by atoms with E-state index in [1.807, 2.05) is 31.2 Å². The standard InChI is InChI=1S/C17H18N2O3/c1-10-5-4-6-12(9-10)7-8-13(20)14-16(21)15(18)11(2)19(3)17(14)22/h4-9,21H,18H2,1-3H3/b8-7+. The van der Waals surface area contributed by atoms with E-state index in [1.54, 1.807) is 13.0 Å². The summed E-state index contributed by atoms with van der Waals surface area (Å²) >= 11 is 0. The second-order valence-electron chi connectivity index (χ2n) is 5.20. The zero-order valence-electron chi connectivity index (χ0n) is 12.8. The van der Waals surface area contributed by atoms with Gasteiger partial charge in [0.2, 0.25) is 0 Å². The van der Waals surface area contributed by atoms with Gasteiger partial charge in [-0.3, -0.25) is 9.59 Å². The molecule has 0 saturated carbocycles. The molecule has 0 unspecified atom stereocenters. The van der Waals surface area contributed by atoms with Crippen molar-refractivity contribution in [3.63, 3.8) is 0 Å². The number of carbonyl (C=O) groups excluding carboxylic acids is 1. The van der Waals surface area contributed by atoms with Gasteiger partial charge in [-0.05, 0) is 25.5 Å². The molecule has 0 amide bonds. The number of ketones is 1. The van der Waals surface area contributed by atoms with E-state index in [-0.39, 0.29) is 11.3 Å². The molecule has 0 radical (unpaired) electrons. The van der Waals surface area contributed by atoms with Crippen LogP contribution >= 0.6 is 0 Å². The van der Waals surface area contributed by atoms with E-state index in [1.165, 1.54) is 17.7 Å². The van der Waals surface area contributed by atoms with Gasteiger partial charge in [0.25, 0.3) is 5.56 Å². The van der Waals surface area contributed by atoms with Gasteiger partial charge < -0.3 is 15.4 Å². The van der Waals surface area contributed by atoms with Crippen LogP contribution in [0.15, 0.2) is 35.1 Å². The number of carbonyl (C=O) groups is 1. The van der Waals surface area contributed by atoms with E-state index >= 15 is 0 Å². The Morgan fingerprint density at radius 2 is 2.00 bits per heavy atom. The number of benzene rings is 1. The van der Waals surface area contributed by atoms with E-state index in [2.05, 4.69) is 0 Å². The van der Waals surface area contributed by atoms with Crippen molar-refractivity contribution < 1.29 is 9.90 Å². The van der Waals surface area contributed by atoms with Gasteiger partial charge in [0.15, 0.2) is 11.5 Å². The molecule has 1 aromatic carbocycles. The molecular formula is C17H18N2O3. The molecule has 0 spiro atoms. The van der Waals surface area contributed by atoms with Gasteiger partial charge in [0, 0.05) is 12.7 Å². The molecule has 2 aromatic rings. The fourth-order valence-electron chi connectivity index (χ4n) is 2.16. The Hall–Kier alpha value is -2.82. The minimum atomic E-state index is -0.577. The van der Waals surface area contributed by atoms with Crippen molar-refractivity contribution >= 4 is 17.5 Å². The van der Waals surface area contributed by atoms with Gasteiger partial charge in [-0.15, -0.1) is 0 Å². The number of aromatic nitrogens is 1. The minimum Gasteiger partial charge on any atom is -0.505 e. The SMILES string of the molecule is Cc1cccc(/C=C/C(=O)c2c(O)c(N)c(C)n(C)c2=O)c1. The predicted molar refractivity (Wildman–Crippen MR) is 87.0 cm³/mol. The second-order valence-corrected chi connectivity index (χ2v) is 5.20. The van der Waals surface area contributed by atoms with Crippen LogP contribution < -0.4 is 11.3 Å². The Morgan fingerprint density at radius 3 is 2.64 bits per heavy atom. The lowest BCUT2D eigenvalue weighted by atomic mass is 10.1. The van der Waals surface area contributed by atoms with E-state index in [4.69, 9.17) is 5.73 Å². The fourth-order valence-corrected chi connectivity index (χ4v) is 2.16. The summed E-state index contributed by atoms with van der Waals surface area (Å²) in [5, 5.41) is 10.0. The summed E-state index contributed by atoms with van der Waals surface area (Å²) in [5.74, 6) is -1.04. The monoisotopic (exact) mass is 298 g/mol. The van der Waals surface area contributed by atoms with Crippen LogP contribution in [0.3, 0.4) is 0 Å². The average molecular weight is 298 g/mol. The topological polar surface area (TPSA) is 85.3 Å². The molecule has 114 valence electrons. The van der Waals surface area contributed by atoms with Crippen LogP contribution in [0.2, 0.25) is 0 Å². The minimum absolute atomic E-state index is 0.0365. The van der Waals surface area contributed by atoms with Crippen LogP contribution in [0.25, 0.3) is 6.08 Å². The zero-order chi connectivity index (χ0) is 16.4. The van der Waals surface area contributed by atoms with Crippen LogP contribution in [-0.4, -0.2) is 15.5 Å². The molecule has 3 N–H and O–H groups in total. The fraction of sp³-hybridized carbons (Fsp3) is 0.176. The summed E-state index contributed by atoms with van der Waals surface area (Å²) in [6, 6.07) is 7.57. The van der Waals surface area contributed by atoms with E-state index in [0.29, 0.717) is 5.69 Å². The number of nitrogens with two attached hydrogens (primary N) is 1. The first-order chi connectivity index (χ1) is 10.3. The van der Waals surface area contributed by atoms with E-state index in [9.17, 15) is 14.7 Å². The summed E-state index contributed by atoms with van der Waals surface area (Å²) < 4.78 is 1.25. The van der Waals surface area contributed by atoms with Gasteiger partial charge >= 0.3 is 0 Å². The number of rotatable bonds is 3. The lowest BCUT2D eigenvalue weighted by Crippen LogP contribution is -2.26. The maximum atomic E-state index is 12.2. The summed E-state index contributed by atoms with van der Waals surface area (Å²) in [7, 11) is 1.51. The van der Waals surface area contributed by atoms with E-state index in [0.717, 1.165) is 11.1 Å². The Bertz CT molecular complexity index is 833. The van der Waals surface area contributed by atoms with Gasteiger partial charge in [-0.25, -0.2) is 0 Å². The number of nitrogen functional groups attached to an aromatic ring is 1. The van der Waals surface area contributed by atoms with Crippen LogP contribution in [0, 0.1) is 13.8 Å². The number of anilines is 1. The molecule has 0 atom stereocenters. The first kappa shape index (κ1) is 15.6. The molecule has 5 heteroatoms. The number of hydrogen-bond acceptors (Lipinski definition) is 4. The molecule has 0 aliphatic rings. The predicted octanol–water partition coefficient (Wildman–Crippen LogP) is 2.19. The molecule has 0 bridgehead atoms. The summed E-state index contributed by atoms with van der Waals surface area (Å²) in [5.41, 5.74) is 7.21. The van der Waals surface area contributed by atoms with Gasteiger partial charge in [0.05, 0.1) is 5.69 Å². The second kappa shape index (κ2) is 5.89. The summed E-state index contributed by atoms with van der Waals surface area (Å²) in [4.78, 5) is 24.4. The van der Waals surface area contributed by atoms with Crippen LogP contribution in [0.4, 0.5) is 5.69 Å². The number of aryl methyl sites for hydroxylation is 1. The van der Waals surface area contributed by atoms with Crippen molar-refractivity contribution in [2.45, 2.75) is 13.8 Å². The molecule has 0 aliphatic carbocycles. The Balaban J connectivity index is 2.45. The molecule has 2 rings (SSSR count). The third-order valence-electron chi connectivity index (χ3n) is 3.62. The normalized spacial score (nSPS) is 11.0. The molecule has 0 aliphatic heterocycles. The molecule has 1 aromatic heterocycles.